The fourth-order valence-corrected chi connectivity index (χ4v) is 1.97. The van der Waals surface area contributed by atoms with Gasteiger partial charge < -0.3 is 10.1 Å². The van der Waals surface area contributed by atoms with E-state index >= 15 is 0 Å². The van der Waals surface area contributed by atoms with Crippen molar-refractivity contribution in [3.05, 3.63) is 22.3 Å². The van der Waals surface area contributed by atoms with E-state index in [1.54, 1.807) is 7.11 Å². The van der Waals surface area contributed by atoms with Gasteiger partial charge >= 0.3 is 0 Å². The lowest BCUT2D eigenvalue weighted by Crippen LogP contribution is -2.31. The molecule has 0 aliphatic rings. The van der Waals surface area contributed by atoms with Crippen molar-refractivity contribution < 1.29 is 4.74 Å². The van der Waals surface area contributed by atoms with E-state index in [4.69, 9.17) is 4.74 Å². The first-order chi connectivity index (χ1) is 7.54. The molecule has 4 heteroatoms. The standard InChI is InChI=1S/C12H19BrN2O/c1-8(2)11(7-16-4)15-12-10(13)5-9(3)6-14-12/h5-6,8,11H,7H2,1-4H3,(H,14,15). The van der Waals surface area contributed by atoms with Crippen molar-refractivity contribution in [2.75, 3.05) is 19.0 Å². The maximum Gasteiger partial charge on any atom is 0.140 e. The first kappa shape index (κ1) is 13.5. The molecule has 0 bridgehead atoms. The van der Waals surface area contributed by atoms with Gasteiger partial charge in [-0.15, -0.1) is 0 Å². The summed E-state index contributed by atoms with van der Waals surface area (Å²) in [5.41, 5.74) is 1.14. The zero-order valence-corrected chi connectivity index (χ0v) is 11.8. The summed E-state index contributed by atoms with van der Waals surface area (Å²) < 4.78 is 6.19. The second-order valence-corrected chi connectivity index (χ2v) is 5.15. The van der Waals surface area contributed by atoms with Gasteiger partial charge in [0.15, 0.2) is 0 Å². The Balaban J connectivity index is 2.77. The summed E-state index contributed by atoms with van der Waals surface area (Å²) >= 11 is 3.51. The Morgan fingerprint density at radius 1 is 1.50 bits per heavy atom. The zero-order chi connectivity index (χ0) is 12.1. The average Bonchev–Trinajstić information content (AvgIpc) is 2.20. The predicted molar refractivity (Wildman–Crippen MR) is 70.8 cm³/mol. The molecular formula is C12H19BrN2O. The molecule has 90 valence electrons. The Bertz CT molecular complexity index is 342. The molecule has 0 spiro atoms. The summed E-state index contributed by atoms with van der Waals surface area (Å²) in [6, 6.07) is 2.33. The molecule has 0 fully saturated rings. The highest BCUT2D eigenvalue weighted by Gasteiger charge is 2.14. The van der Waals surface area contributed by atoms with Crippen LogP contribution in [0.5, 0.6) is 0 Å². The van der Waals surface area contributed by atoms with Crippen LogP contribution >= 0.6 is 15.9 Å². The molecule has 0 aliphatic carbocycles. The predicted octanol–water partition coefficient (Wildman–Crippen LogP) is 3.24. The highest BCUT2D eigenvalue weighted by Crippen LogP contribution is 2.22. The molecule has 0 amide bonds. The molecule has 1 rings (SSSR count). The van der Waals surface area contributed by atoms with Crippen LogP contribution < -0.4 is 5.32 Å². The van der Waals surface area contributed by atoms with Crippen LogP contribution in [0.2, 0.25) is 0 Å². The molecule has 16 heavy (non-hydrogen) atoms. The Morgan fingerprint density at radius 3 is 2.69 bits per heavy atom. The van der Waals surface area contributed by atoms with Crippen LogP contribution in [-0.2, 0) is 4.74 Å². The topological polar surface area (TPSA) is 34.1 Å². The smallest absolute Gasteiger partial charge is 0.140 e. The Morgan fingerprint density at radius 2 is 2.19 bits per heavy atom. The molecule has 0 saturated carbocycles. The largest absolute Gasteiger partial charge is 0.383 e. The lowest BCUT2D eigenvalue weighted by molar-refractivity contribution is 0.171. The number of methoxy groups -OCH3 is 1. The molecule has 1 aromatic heterocycles. The fourth-order valence-electron chi connectivity index (χ4n) is 1.40. The van der Waals surface area contributed by atoms with Crippen molar-refractivity contribution in [2.45, 2.75) is 26.8 Å². The maximum atomic E-state index is 5.20. The zero-order valence-electron chi connectivity index (χ0n) is 10.2. The van der Waals surface area contributed by atoms with Crippen LogP contribution in [0.4, 0.5) is 5.82 Å². The van der Waals surface area contributed by atoms with Crippen LogP contribution in [0.3, 0.4) is 0 Å². The summed E-state index contributed by atoms with van der Waals surface area (Å²) in [6.45, 7) is 7.04. The van der Waals surface area contributed by atoms with Gasteiger partial charge in [-0.2, -0.15) is 0 Å². The van der Waals surface area contributed by atoms with Crippen molar-refractivity contribution in [1.82, 2.24) is 4.98 Å². The molecule has 1 aromatic rings. The van der Waals surface area contributed by atoms with Crippen molar-refractivity contribution >= 4 is 21.7 Å². The molecule has 3 nitrogen and oxygen atoms in total. The van der Waals surface area contributed by atoms with Gasteiger partial charge in [-0.05, 0) is 40.4 Å². The number of halogens is 1. The monoisotopic (exact) mass is 286 g/mol. The number of aromatic nitrogens is 1. The molecule has 1 N–H and O–H groups in total. The second kappa shape index (κ2) is 6.21. The van der Waals surface area contributed by atoms with E-state index < -0.39 is 0 Å². The van der Waals surface area contributed by atoms with Crippen molar-refractivity contribution in [2.24, 2.45) is 5.92 Å². The van der Waals surface area contributed by atoms with Crippen LogP contribution in [0.1, 0.15) is 19.4 Å². The van der Waals surface area contributed by atoms with Gasteiger partial charge in [-0.3, -0.25) is 0 Å². The first-order valence-corrected chi connectivity index (χ1v) is 6.21. The summed E-state index contributed by atoms with van der Waals surface area (Å²) in [7, 11) is 1.72. The van der Waals surface area contributed by atoms with Gasteiger partial charge in [0.05, 0.1) is 17.1 Å². The van der Waals surface area contributed by atoms with E-state index in [1.165, 1.54) is 0 Å². The summed E-state index contributed by atoms with van der Waals surface area (Å²) in [6.07, 6.45) is 1.86. The number of ether oxygens (including phenoxy) is 1. The lowest BCUT2D eigenvalue weighted by Gasteiger charge is -2.22. The van der Waals surface area contributed by atoms with Crippen LogP contribution in [-0.4, -0.2) is 24.7 Å². The molecule has 1 unspecified atom stereocenters. The van der Waals surface area contributed by atoms with Crippen molar-refractivity contribution in [3.63, 3.8) is 0 Å². The van der Waals surface area contributed by atoms with E-state index in [0.29, 0.717) is 12.5 Å². The van der Waals surface area contributed by atoms with Crippen LogP contribution in [0, 0.1) is 12.8 Å². The first-order valence-electron chi connectivity index (χ1n) is 5.42. The second-order valence-electron chi connectivity index (χ2n) is 4.29. The lowest BCUT2D eigenvalue weighted by atomic mass is 10.1. The summed E-state index contributed by atoms with van der Waals surface area (Å²) in [5, 5.41) is 3.39. The number of nitrogens with zero attached hydrogens (tertiary/aromatic N) is 1. The maximum absolute atomic E-state index is 5.20. The summed E-state index contributed by atoms with van der Waals surface area (Å²) in [5.74, 6) is 1.37. The van der Waals surface area contributed by atoms with E-state index in [2.05, 4.69) is 46.1 Å². The van der Waals surface area contributed by atoms with Gasteiger partial charge in [-0.25, -0.2) is 4.98 Å². The van der Waals surface area contributed by atoms with Crippen LogP contribution in [0.15, 0.2) is 16.7 Å². The van der Waals surface area contributed by atoms with E-state index in [0.717, 1.165) is 15.9 Å². The number of rotatable bonds is 5. The van der Waals surface area contributed by atoms with Gasteiger partial charge in [-0.1, -0.05) is 13.8 Å². The van der Waals surface area contributed by atoms with Gasteiger partial charge in [0.25, 0.3) is 0 Å². The van der Waals surface area contributed by atoms with Gasteiger partial charge in [0, 0.05) is 13.3 Å². The Kier molecular flexibility index (Phi) is 5.22. The quantitative estimate of drug-likeness (QED) is 0.902. The number of aryl methyl sites for hydroxylation is 1. The van der Waals surface area contributed by atoms with E-state index in [1.807, 2.05) is 13.1 Å². The molecule has 0 aliphatic heterocycles. The average molecular weight is 287 g/mol. The van der Waals surface area contributed by atoms with E-state index in [9.17, 15) is 0 Å². The summed E-state index contributed by atoms with van der Waals surface area (Å²) in [4.78, 5) is 4.37. The molecule has 1 heterocycles. The molecule has 0 aromatic carbocycles. The molecular weight excluding hydrogens is 268 g/mol. The van der Waals surface area contributed by atoms with Crippen LogP contribution in [0.25, 0.3) is 0 Å². The third kappa shape index (κ3) is 3.76. The molecule has 0 radical (unpaired) electrons. The Labute approximate surface area is 106 Å². The number of hydrogen-bond acceptors (Lipinski definition) is 3. The van der Waals surface area contributed by atoms with Gasteiger partial charge in [0.1, 0.15) is 5.82 Å². The minimum Gasteiger partial charge on any atom is -0.383 e. The third-order valence-electron chi connectivity index (χ3n) is 2.45. The van der Waals surface area contributed by atoms with Gasteiger partial charge in [0.2, 0.25) is 0 Å². The number of nitrogens with one attached hydrogen (secondary N) is 1. The Hall–Kier alpha value is -0.610. The number of hydrogen-bond donors (Lipinski definition) is 1. The minimum atomic E-state index is 0.275. The van der Waals surface area contributed by atoms with Crippen molar-refractivity contribution in [3.8, 4) is 0 Å². The highest BCUT2D eigenvalue weighted by molar-refractivity contribution is 9.10. The normalized spacial score (nSPS) is 12.9. The molecule has 0 saturated heterocycles. The minimum absolute atomic E-state index is 0.275. The highest BCUT2D eigenvalue weighted by atomic mass is 79.9. The molecule has 1 atom stereocenters. The fraction of sp³-hybridized carbons (Fsp3) is 0.583. The third-order valence-corrected chi connectivity index (χ3v) is 3.06. The number of anilines is 1. The SMILES string of the molecule is COCC(Nc1ncc(C)cc1Br)C(C)C. The van der Waals surface area contributed by atoms with E-state index in [-0.39, 0.29) is 6.04 Å². The van der Waals surface area contributed by atoms with Crippen molar-refractivity contribution in [1.29, 1.82) is 0 Å². The number of pyridine rings is 1.